The number of aromatic nitrogens is 1. The summed E-state index contributed by atoms with van der Waals surface area (Å²) >= 11 is 0. The number of carbonyl (C=O) groups is 2. The molecule has 0 aliphatic rings. The van der Waals surface area contributed by atoms with Crippen LogP contribution in [0.3, 0.4) is 0 Å². The van der Waals surface area contributed by atoms with Gasteiger partial charge < -0.3 is 14.6 Å². The number of carbonyl (C=O) groups excluding carboxylic acids is 2. The number of benzene rings is 2. The third kappa shape index (κ3) is 4.79. The van der Waals surface area contributed by atoms with Gasteiger partial charge in [0.15, 0.2) is 12.2 Å². The van der Waals surface area contributed by atoms with Crippen molar-refractivity contribution in [1.29, 1.82) is 0 Å². The lowest BCUT2D eigenvalue weighted by molar-refractivity contribution is -0.146. The van der Waals surface area contributed by atoms with Crippen molar-refractivity contribution in [3.05, 3.63) is 54.2 Å². The predicted molar refractivity (Wildman–Crippen MR) is 105 cm³/mol. The second kappa shape index (κ2) is 8.41. The van der Waals surface area contributed by atoms with Gasteiger partial charge in [-0.2, -0.15) is 0 Å². The minimum Gasteiger partial charge on any atom is -0.455 e. The molecule has 0 spiro atoms. The second-order valence-corrected chi connectivity index (χ2v) is 8.48. The topological polar surface area (TPSA) is 119 Å². The molecule has 10 heteroatoms. The highest BCUT2D eigenvalue weighted by Crippen LogP contribution is 2.19. The van der Waals surface area contributed by atoms with E-state index in [1.807, 2.05) is 0 Å². The van der Waals surface area contributed by atoms with E-state index in [0.29, 0.717) is 16.7 Å². The maximum Gasteiger partial charge on any atom is 0.312 e. The molecule has 0 atom stereocenters. The fourth-order valence-corrected chi connectivity index (χ4v) is 3.49. The van der Waals surface area contributed by atoms with Crippen LogP contribution >= 0.6 is 0 Å². The fourth-order valence-electron chi connectivity index (χ4n) is 2.54. The number of ether oxygens (including phenoxy) is 1. The Morgan fingerprint density at radius 3 is 2.66 bits per heavy atom. The Morgan fingerprint density at radius 1 is 1.14 bits per heavy atom. The molecule has 1 amide bonds. The van der Waals surface area contributed by atoms with Crippen LogP contribution in [0.5, 0.6) is 0 Å². The summed E-state index contributed by atoms with van der Waals surface area (Å²) in [6.45, 7) is -0.515. The Hall–Kier alpha value is -3.24. The SMILES string of the molecule is CN(C)S(=O)(=O)c1cccc(NC(=O)COC(=O)Cc2noc3ccccc23)c1. The summed E-state index contributed by atoms with van der Waals surface area (Å²) in [5.74, 6) is -1.23. The van der Waals surface area contributed by atoms with Gasteiger partial charge in [-0.05, 0) is 30.3 Å². The number of para-hydroxylation sites is 1. The Morgan fingerprint density at radius 2 is 1.90 bits per heavy atom. The van der Waals surface area contributed by atoms with E-state index < -0.39 is 28.5 Å². The maximum atomic E-state index is 12.2. The lowest BCUT2D eigenvalue weighted by Gasteiger charge is -2.12. The van der Waals surface area contributed by atoms with E-state index in [1.54, 1.807) is 24.3 Å². The van der Waals surface area contributed by atoms with Gasteiger partial charge in [0.2, 0.25) is 10.0 Å². The molecule has 2 aromatic carbocycles. The number of amides is 1. The summed E-state index contributed by atoms with van der Waals surface area (Å²) in [4.78, 5) is 24.1. The van der Waals surface area contributed by atoms with E-state index in [9.17, 15) is 18.0 Å². The van der Waals surface area contributed by atoms with Crippen LogP contribution in [-0.4, -0.2) is 50.5 Å². The molecule has 0 bridgehead atoms. The van der Waals surface area contributed by atoms with Crippen LogP contribution in [0.25, 0.3) is 11.0 Å². The van der Waals surface area contributed by atoms with Crippen molar-refractivity contribution in [1.82, 2.24) is 9.46 Å². The van der Waals surface area contributed by atoms with Crippen LogP contribution in [-0.2, 0) is 30.8 Å². The quantitative estimate of drug-likeness (QED) is 0.582. The highest BCUT2D eigenvalue weighted by Gasteiger charge is 2.18. The monoisotopic (exact) mass is 417 g/mol. The molecule has 3 aromatic rings. The molecule has 0 aliphatic heterocycles. The summed E-state index contributed by atoms with van der Waals surface area (Å²) in [5, 5.41) is 7.05. The Bertz CT molecular complexity index is 1150. The Kier molecular flexibility index (Phi) is 5.95. The number of hydrogen-bond acceptors (Lipinski definition) is 7. The second-order valence-electron chi connectivity index (χ2n) is 6.33. The molecule has 1 N–H and O–H groups in total. The molecule has 0 fully saturated rings. The molecule has 9 nitrogen and oxygen atoms in total. The molecule has 1 aromatic heterocycles. The molecule has 152 valence electrons. The van der Waals surface area contributed by atoms with Crippen LogP contribution in [0.1, 0.15) is 5.69 Å². The van der Waals surface area contributed by atoms with Crippen LogP contribution in [0.2, 0.25) is 0 Å². The first-order chi connectivity index (χ1) is 13.8. The number of rotatable bonds is 7. The molecule has 29 heavy (non-hydrogen) atoms. The normalized spacial score (nSPS) is 11.6. The molecular formula is C19H19N3O6S. The number of fused-ring (bicyclic) bond motifs is 1. The first kappa shape index (κ1) is 20.5. The fraction of sp³-hybridized carbons (Fsp3) is 0.211. The number of anilines is 1. The summed E-state index contributed by atoms with van der Waals surface area (Å²) in [7, 11) is -0.798. The van der Waals surface area contributed by atoms with Crippen molar-refractivity contribution in [2.75, 3.05) is 26.0 Å². The van der Waals surface area contributed by atoms with Crippen molar-refractivity contribution < 1.29 is 27.3 Å². The average molecular weight is 417 g/mol. The third-order valence-electron chi connectivity index (χ3n) is 4.02. The van der Waals surface area contributed by atoms with Crippen LogP contribution in [0.4, 0.5) is 5.69 Å². The van der Waals surface area contributed by atoms with Crippen molar-refractivity contribution in [2.24, 2.45) is 0 Å². The first-order valence-corrected chi connectivity index (χ1v) is 10.0. The van der Waals surface area contributed by atoms with E-state index in [0.717, 1.165) is 4.31 Å². The molecule has 3 rings (SSSR count). The van der Waals surface area contributed by atoms with Gasteiger partial charge in [0.1, 0.15) is 5.69 Å². The van der Waals surface area contributed by atoms with E-state index >= 15 is 0 Å². The standard InChI is InChI=1S/C19H19N3O6S/c1-22(2)29(25,26)14-7-5-6-13(10-14)20-18(23)12-27-19(24)11-16-15-8-3-4-9-17(15)28-21-16/h3-10H,11-12H2,1-2H3,(H,20,23). The van der Waals surface area contributed by atoms with Crippen molar-refractivity contribution in [3.8, 4) is 0 Å². The van der Waals surface area contributed by atoms with Gasteiger partial charge in [0.05, 0.1) is 11.3 Å². The Labute approximate surface area is 167 Å². The van der Waals surface area contributed by atoms with E-state index in [2.05, 4.69) is 10.5 Å². The summed E-state index contributed by atoms with van der Waals surface area (Å²) < 4.78 is 35.5. The molecule has 0 saturated heterocycles. The Balaban J connectivity index is 1.57. The first-order valence-electron chi connectivity index (χ1n) is 8.59. The number of nitrogens with one attached hydrogen (secondary N) is 1. The maximum absolute atomic E-state index is 12.2. The molecular weight excluding hydrogens is 398 g/mol. The molecule has 0 aliphatic carbocycles. The predicted octanol–water partition coefficient (Wildman–Crippen LogP) is 1.80. The van der Waals surface area contributed by atoms with E-state index in [-0.39, 0.29) is 17.0 Å². The van der Waals surface area contributed by atoms with Crippen LogP contribution < -0.4 is 5.32 Å². The van der Waals surface area contributed by atoms with Gasteiger partial charge in [0.25, 0.3) is 5.91 Å². The van der Waals surface area contributed by atoms with Crippen LogP contribution in [0, 0.1) is 0 Å². The smallest absolute Gasteiger partial charge is 0.312 e. The summed E-state index contributed by atoms with van der Waals surface area (Å²) in [6.07, 6.45) is -0.138. The molecule has 0 radical (unpaired) electrons. The summed E-state index contributed by atoms with van der Waals surface area (Å²) in [5.41, 5.74) is 1.25. The van der Waals surface area contributed by atoms with Gasteiger partial charge >= 0.3 is 5.97 Å². The minimum atomic E-state index is -3.63. The molecule has 0 saturated carbocycles. The highest BCUT2D eigenvalue weighted by atomic mass is 32.2. The van der Waals surface area contributed by atoms with Gasteiger partial charge in [-0.25, -0.2) is 12.7 Å². The minimum absolute atomic E-state index is 0.0372. The zero-order chi connectivity index (χ0) is 21.0. The number of hydrogen-bond donors (Lipinski definition) is 1. The van der Waals surface area contributed by atoms with Gasteiger partial charge in [-0.1, -0.05) is 23.4 Å². The highest BCUT2D eigenvalue weighted by molar-refractivity contribution is 7.89. The van der Waals surface area contributed by atoms with Gasteiger partial charge in [0, 0.05) is 25.2 Å². The molecule has 1 heterocycles. The zero-order valence-corrected chi connectivity index (χ0v) is 16.6. The number of nitrogens with zero attached hydrogens (tertiary/aromatic N) is 2. The molecule has 0 unspecified atom stereocenters. The zero-order valence-electron chi connectivity index (χ0n) is 15.8. The van der Waals surface area contributed by atoms with Gasteiger partial charge in [-0.15, -0.1) is 0 Å². The third-order valence-corrected chi connectivity index (χ3v) is 5.84. The van der Waals surface area contributed by atoms with Crippen molar-refractivity contribution in [2.45, 2.75) is 11.3 Å². The van der Waals surface area contributed by atoms with Crippen molar-refractivity contribution in [3.63, 3.8) is 0 Å². The largest absolute Gasteiger partial charge is 0.455 e. The van der Waals surface area contributed by atoms with E-state index in [1.165, 1.54) is 38.4 Å². The lowest BCUT2D eigenvalue weighted by Crippen LogP contribution is -2.23. The van der Waals surface area contributed by atoms with E-state index in [4.69, 9.17) is 9.26 Å². The van der Waals surface area contributed by atoms with Crippen molar-refractivity contribution >= 4 is 38.6 Å². The lowest BCUT2D eigenvalue weighted by atomic mass is 10.2. The summed E-state index contributed by atoms with van der Waals surface area (Å²) in [6, 6.07) is 12.9. The number of esters is 1. The number of sulfonamides is 1. The van der Waals surface area contributed by atoms with Gasteiger partial charge in [-0.3, -0.25) is 9.59 Å². The van der Waals surface area contributed by atoms with Crippen LogP contribution in [0.15, 0.2) is 57.9 Å². The average Bonchev–Trinajstić information content (AvgIpc) is 3.09.